The lowest BCUT2D eigenvalue weighted by molar-refractivity contribution is -0.0498. The van der Waals surface area contributed by atoms with Crippen molar-refractivity contribution in [3.63, 3.8) is 0 Å². The van der Waals surface area contributed by atoms with Crippen molar-refractivity contribution in [1.29, 1.82) is 0 Å². The number of Topliss-reactive ketones (excluding diaryl/α,β-unsaturated/α-hetero) is 1. The first-order chi connectivity index (χ1) is 16.7. The van der Waals surface area contributed by atoms with Crippen LogP contribution in [0.5, 0.6) is 5.75 Å². The Morgan fingerprint density at radius 1 is 1.11 bits per heavy atom. The van der Waals surface area contributed by atoms with Gasteiger partial charge in [0, 0.05) is 22.6 Å². The number of thioether (sulfide) groups is 1. The molecule has 0 radical (unpaired) electrons. The number of aryl methyl sites for hydroxylation is 1. The highest BCUT2D eigenvalue weighted by Crippen LogP contribution is 2.33. The van der Waals surface area contributed by atoms with Gasteiger partial charge in [-0.3, -0.25) is 4.79 Å². The average Bonchev–Trinajstić information content (AvgIpc) is 3.38. The Balaban J connectivity index is 1.47. The number of ketones is 1. The van der Waals surface area contributed by atoms with Gasteiger partial charge in [-0.25, -0.2) is 4.39 Å². The molecule has 2 aromatic heterocycles. The molecule has 0 amide bonds. The first-order valence-corrected chi connectivity index (χ1v) is 12.2. The molecule has 11 heteroatoms. The van der Waals surface area contributed by atoms with E-state index in [-0.39, 0.29) is 11.5 Å². The zero-order chi connectivity index (χ0) is 25.1. The Morgan fingerprint density at radius 3 is 2.51 bits per heavy atom. The predicted octanol–water partition coefficient (Wildman–Crippen LogP) is 6.79. The van der Waals surface area contributed by atoms with Crippen molar-refractivity contribution in [1.82, 2.24) is 14.8 Å². The number of alkyl halides is 2. The first-order valence-electron chi connectivity index (χ1n) is 10.5. The number of para-hydroxylation sites is 1. The molecule has 4 aromatic rings. The lowest BCUT2D eigenvalue weighted by atomic mass is 10.1. The van der Waals surface area contributed by atoms with Gasteiger partial charge in [0.15, 0.2) is 10.1 Å². The van der Waals surface area contributed by atoms with Gasteiger partial charge in [0.25, 0.3) is 0 Å². The third-order valence-corrected chi connectivity index (χ3v) is 7.21. The van der Waals surface area contributed by atoms with Crippen molar-refractivity contribution in [2.45, 2.75) is 37.0 Å². The van der Waals surface area contributed by atoms with Crippen LogP contribution in [0.1, 0.15) is 28.7 Å². The minimum atomic E-state index is -2.89. The monoisotopic (exact) mass is 518 g/mol. The van der Waals surface area contributed by atoms with Gasteiger partial charge in [0.1, 0.15) is 11.6 Å². The molecule has 2 heterocycles. The number of carbonyl (C=O) groups excluding carboxylic acids is 1. The molecule has 6 nitrogen and oxygen atoms in total. The van der Waals surface area contributed by atoms with Crippen LogP contribution < -0.4 is 10.1 Å². The number of hydrogen-bond donors (Lipinski definition) is 1. The fourth-order valence-corrected chi connectivity index (χ4v) is 5.57. The van der Waals surface area contributed by atoms with Crippen LogP contribution in [0.25, 0.3) is 5.69 Å². The highest BCUT2D eigenvalue weighted by molar-refractivity contribution is 8.02. The molecular formula is C24H21F3N4O2S2. The Labute approximate surface area is 208 Å². The summed E-state index contributed by atoms with van der Waals surface area (Å²) in [5.41, 5.74) is 3.16. The summed E-state index contributed by atoms with van der Waals surface area (Å²) in [5, 5.41) is 11.0. The third-order valence-electron chi connectivity index (χ3n) is 5.19. The van der Waals surface area contributed by atoms with E-state index in [9.17, 15) is 18.0 Å². The maximum atomic E-state index is 13.9. The maximum absolute atomic E-state index is 13.9. The number of nitrogens with one attached hydrogen (secondary N) is 1. The molecule has 0 bridgehead atoms. The highest BCUT2D eigenvalue weighted by atomic mass is 32.2. The molecule has 2 aromatic carbocycles. The molecular weight excluding hydrogens is 497 g/mol. The van der Waals surface area contributed by atoms with Crippen LogP contribution >= 0.6 is 23.1 Å². The molecule has 0 saturated heterocycles. The van der Waals surface area contributed by atoms with E-state index in [4.69, 9.17) is 0 Å². The summed E-state index contributed by atoms with van der Waals surface area (Å²) in [6, 6.07) is 14.3. The van der Waals surface area contributed by atoms with Crippen LogP contribution in [0.15, 0.2) is 58.9 Å². The minimum Gasteiger partial charge on any atom is -0.435 e. The van der Waals surface area contributed by atoms with Crippen LogP contribution in [0.4, 0.5) is 24.0 Å². The number of nitrogens with zero attached hydrogens (tertiary/aromatic N) is 3. The molecule has 4 rings (SSSR count). The van der Waals surface area contributed by atoms with Crippen LogP contribution in [0.2, 0.25) is 0 Å². The van der Waals surface area contributed by atoms with E-state index in [2.05, 4.69) is 20.3 Å². The normalized spacial score (nSPS) is 12.1. The lowest BCUT2D eigenvalue weighted by Crippen LogP contribution is -2.14. The molecule has 182 valence electrons. The molecule has 1 N–H and O–H groups in total. The summed E-state index contributed by atoms with van der Waals surface area (Å²) in [6.45, 7) is 2.61. The Hall–Kier alpha value is -3.31. The quantitative estimate of drug-likeness (QED) is 0.194. The van der Waals surface area contributed by atoms with E-state index in [0.717, 1.165) is 17.1 Å². The lowest BCUT2D eigenvalue weighted by Gasteiger charge is -2.12. The Bertz CT molecular complexity index is 1340. The fourth-order valence-electron chi connectivity index (χ4n) is 3.60. The topological polar surface area (TPSA) is 69.0 Å². The SMILES string of the molecule is Cc1cc(C(=O)C(C)Sc2nnc(Nc3ccccc3F)s2)c(C)n1-c1ccc(OC(F)F)cc1. The number of hydrogen-bond acceptors (Lipinski definition) is 7. The number of carbonyl (C=O) groups is 1. The van der Waals surface area contributed by atoms with E-state index >= 15 is 0 Å². The van der Waals surface area contributed by atoms with E-state index in [1.54, 1.807) is 37.3 Å². The molecule has 0 aliphatic carbocycles. The Kier molecular flexibility index (Phi) is 7.46. The number of anilines is 2. The van der Waals surface area contributed by atoms with E-state index in [1.165, 1.54) is 41.3 Å². The zero-order valence-corrected chi connectivity index (χ0v) is 20.6. The summed E-state index contributed by atoms with van der Waals surface area (Å²) >= 11 is 2.51. The minimum absolute atomic E-state index is 0.0634. The van der Waals surface area contributed by atoms with E-state index in [0.29, 0.717) is 20.7 Å². The van der Waals surface area contributed by atoms with E-state index in [1.807, 2.05) is 24.5 Å². The summed E-state index contributed by atoms with van der Waals surface area (Å²) in [4.78, 5) is 13.2. The summed E-state index contributed by atoms with van der Waals surface area (Å²) in [6.07, 6.45) is 0. The maximum Gasteiger partial charge on any atom is 0.387 e. The smallest absolute Gasteiger partial charge is 0.387 e. The summed E-state index contributed by atoms with van der Waals surface area (Å²) in [5.74, 6) is -0.411. The second-order valence-electron chi connectivity index (χ2n) is 7.59. The number of halogens is 3. The molecule has 35 heavy (non-hydrogen) atoms. The second kappa shape index (κ2) is 10.5. The van der Waals surface area contributed by atoms with Crippen LogP contribution in [-0.4, -0.2) is 32.4 Å². The van der Waals surface area contributed by atoms with Crippen LogP contribution in [-0.2, 0) is 0 Å². The van der Waals surface area contributed by atoms with Gasteiger partial charge in [-0.05, 0) is 63.2 Å². The summed E-state index contributed by atoms with van der Waals surface area (Å²) < 4.78 is 45.6. The number of ether oxygens (including phenoxy) is 1. The predicted molar refractivity (Wildman–Crippen MR) is 131 cm³/mol. The second-order valence-corrected chi connectivity index (χ2v) is 10.2. The molecule has 0 spiro atoms. The van der Waals surface area contributed by atoms with Gasteiger partial charge >= 0.3 is 6.61 Å². The van der Waals surface area contributed by atoms with E-state index < -0.39 is 17.7 Å². The number of benzene rings is 2. The number of rotatable bonds is 9. The Morgan fingerprint density at radius 2 is 1.83 bits per heavy atom. The molecule has 0 fully saturated rings. The highest BCUT2D eigenvalue weighted by Gasteiger charge is 2.24. The molecule has 0 saturated carbocycles. The standard InChI is InChI=1S/C24H21F3N4O2S2/c1-13-12-18(14(2)31(13)16-8-10-17(11-9-16)33-22(26)27)21(32)15(3)34-24-30-29-23(35-24)28-20-7-5-4-6-19(20)25/h4-12,15,22H,1-3H3,(H,28,29). The van der Waals surface area contributed by atoms with Crippen molar-refractivity contribution in [3.8, 4) is 11.4 Å². The van der Waals surface area contributed by atoms with Crippen molar-refractivity contribution < 1.29 is 22.7 Å². The van der Waals surface area contributed by atoms with Crippen LogP contribution in [0.3, 0.4) is 0 Å². The molecule has 1 atom stereocenters. The van der Waals surface area contributed by atoms with Crippen molar-refractivity contribution in [2.24, 2.45) is 0 Å². The summed E-state index contributed by atoms with van der Waals surface area (Å²) in [7, 11) is 0. The van der Waals surface area contributed by atoms with Gasteiger partial charge in [0.05, 0.1) is 10.9 Å². The third kappa shape index (κ3) is 5.68. The van der Waals surface area contributed by atoms with Gasteiger partial charge in [-0.2, -0.15) is 8.78 Å². The molecule has 1 unspecified atom stereocenters. The van der Waals surface area contributed by atoms with Crippen molar-refractivity contribution in [2.75, 3.05) is 5.32 Å². The molecule has 0 aliphatic heterocycles. The van der Waals surface area contributed by atoms with Gasteiger partial charge in [-0.15, -0.1) is 10.2 Å². The average molecular weight is 519 g/mol. The zero-order valence-electron chi connectivity index (χ0n) is 19.0. The fraction of sp³-hybridized carbons (Fsp3) is 0.208. The molecule has 0 aliphatic rings. The first kappa shape index (κ1) is 24.8. The van der Waals surface area contributed by atoms with Gasteiger partial charge in [0.2, 0.25) is 5.13 Å². The van der Waals surface area contributed by atoms with Crippen LogP contribution in [0, 0.1) is 19.7 Å². The largest absolute Gasteiger partial charge is 0.435 e. The van der Waals surface area contributed by atoms with Crippen molar-refractivity contribution >= 4 is 39.7 Å². The van der Waals surface area contributed by atoms with Gasteiger partial charge < -0.3 is 14.6 Å². The number of aromatic nitrogens is 3. The van der Waals surface area contributed by atoms with Crippen molar-refractivity contribution in [3.05, 3.63) is 77.4 Å². The van der Waals surface area contributed by atoms with Gasteiger partial charge in [-0.1, -0.05) is 35.2 Å².